The molecule has 1 heterocycles. The number of carbonyl (C=O) groups excluding carboxylic acids is 2. The fourth-order valence-electron chi connectivity index (χ4n) is 4.52. The molecule has 6 nitrogen and oxygen atoms in total. The Morgan fingerprint density at radius 1 is 1.06 bits per heavy atom. The van der Waals surface area contributed by atoms with Crippen LogP contribution in [-0.2, 0) is 4.74 Å². The third-order valence-corrected chi connectivity index (χ3v) is 7.20. The number of hydrogen-bond acceptors (Lipinski definition) is 5. The zero-order valence-corrected chi connectivity index (χ0v) is 20.5. The second-order valence-corrected chi connectivity index (χ2v) is 9.55. The molecule has 4 rings (SSSR count). The summed E-state index contributed by atoms with van der Waals surface area (Å²) in [5.74, 6) is -1.31. The van der Waals surface area contributed by atoms with E-state index in [9.17, 15) is 14.0 Å². The van der Waals surface area contributed by atoms with Crippen LogP contribution in [0.15, 0.2) is 30.3 Å². The van der Waals surface area contributed by atoms with E-state index in [2.05, 4.69) is 22.2 Å². The summed E-state index contributed by atoms with van der Waals surface area (Å²) < 4.78 is 19.6. The Bertz CT molecular complexity index is 1060. The minimum absolute atomic E-state index is 0.0578. The van der Waals surface area contributed by atoms with Crippen molar-refractivity contribution < 1.29 is 18.7 Å². The molecule has 0 radical (unpaired) electrons. The lowest BCUT2D eigenvalue weighted by Gasteiger charge is -2.35. The molecule has 1 saturated carbocycles. The molecule has 0 bridgehead atoms. The van der Waals surface area contributed by atoms with Crippen molar-refractivity contribution in [3.63, 3.8) is 0 Å². The number of halogens is 2. The summed E-state index contributed by atoms with van der Waals surface area (Å²) in [5, 5.41) is 2.99. The third-order valence-electron chi connectivity index (χ3n) is 6.72. The molecule has 8 heteroatoms. The molecule has 0 spiro atoms. The molecule has 0 unspecified atom stereocenters. The molecule has 1 N–H and O–H groups in total. The summed E-state index contributed by atoms with van der Waals surface area (Å²) in [6, 6.07) is 7.88. The fraction of sp³-hybridized carbons (Fsp3) is 0.462. The molecular weight excluding hydrogens is 457 g/mol. The lowest BCUT2D eigenvalue weighted by atomic mass is 9.98. The number of likely N-dealkylation sites (N-methyl/N-ethyl adjacent to an activating group) is 1. The zero-order valence-electron chi connectivity index (χ0n) is 19.7. The van der Waals surface area contributed by atoms with Crippen LogP contribution in [-0.4, -0.2) is 56.1 Å². The van der Waals surface area contributed by atoms with E-state index in [1.807, 2.05) is 6.07 Å². The molecule has 2 fully saturated rings. The van der Waals surface area contributed by atoms with Crippen LogP contribution in [0.5, 0.6) is 0 Å². The topological polar surface area (TPSA) is 61.9 Å². The molecule has 1 aliphatic carbocycles. The molecule has 2 aromatic rings. The predicted molar refractivity (Wildman–Crippen MR) is 133 cm³/mol. The molecule has 2 aliphatic rings. The van der Waals surface area contributed by atoms with Crippen LogP contribution >= 0.6 is 11.6 Å². The van der Waals surface area contributed by atoms with Crippen molar-refractivity contribution in [2.75, 3.05) is 43.4 Å². The molecule has 1 amide bonds. The minimum atomic E-state index is -0.466. The van der Waals surface area contributed by atoms with E-state index in [0.717, 1.165) is 57.5 Å². The average Bonchev–Trinajstić information content (AvgIpc) is 2.84. The molecule has 0 atom stereocenters. The number of piperazine rings is 1. The maximum atomic E-state index is 13.8. The summed E-state index contributed by atoms with van der Waals surface area (Å²) >= 11 is 6.26. The highest BCUT2D eigenvalue weighted by Crippen LogP contribution is 2.31. The second kappa shape index (κ2) is 10.7. The Kier molecular flexibility index (Phi) is 7.73. The molecule has 1 saturated heterocycles. The van der Waals surface area contributed by atoms with E-state index in [-0.39, 0.29) is 28.2 Å². The van der Waals surface area contributed by atoms with Crippen molar-refractivity contribution in [1.29, 1.82) is 0 Å². The van der Waals surface area contributed by atoms with Gasteiger partial charge in [-0.3, -0.25) is 4.79 Å². The van der Waals surface area contributed by atoms with Gasteiger partial charge >= 0.3 is 5.97 Å². The Labute approximate surface area is 205 Å². The van der Waals surface area contributed by atoms with Crippen LogP contribution in [0.1, 0.15) is 58.4 Å². The van der Waals surface area contributed by atoms with E-state index >= 15 is 0 Å². The van der Waals surface area contributed by atoms with Crippen molar-refractivity contribution in [3.05, 3.63) is 57.9 Å². The first-order chi connectivity index (χ1) is 16.3. The number of rotatable bonds is 5. The van der Waals surface area contributed by atoms with Crippen molar-refractivity contribution in [2.24, 2.45) is 0 Å². The van der Waals surface area contributed by atoms with E-state index in [1.54, 1.807) is 12.1 Å². The molecule has 2 aromatic carbocycles. The SMILES string of the molecule is Cc1c(F)ccc(C(=O)Nc2cc(C(=O)OC3CCCCC3)ccc2N2CCN(C)CC2)c1Cl. The number of amides is 1. The Morgan fingerprint density at radius 3 is 2.47 bits per heavy atom. The molecular formula is C26H31ClFN3O3. The van der Waals surface area contributed by atoms with Crippen LogP contribution in [0.25, 0.3) is 0 Å². The van der Waals surface area contributed by atoms with Crippen LogP contribution in [0.4, 0.5) is 15.8 Å². The molecule has 1 aliphatic heterocycles. The lowest BCUT2D eigenvalue weighted by Crippen LogP contribution is -2.44. The van der Waals surface area contributed by atoms with Crippen molar-refractivity contribution in [3.8, 4) is 0 Å². The summed E-state index contributed by atoms with van der Waals surface area (Å²) in [7, 11) is 2.07. The number of benzene rings is 2. The van der Waals surface area contributed by atoms with Crippen molar-refractivity contribution >= 4 is 34.9 Å². The van der Waals surface area contributed by atoms with Gasteiger partial charge in [0.25, 0.3) is 5.91 Å². The molecule has 0 aromatic heterocycles. The van der Waals surface area contributed by atoms with Crippen molar-refractivity contribution in [1.82, 2.24) is 4.90 Å². The van der Waals surface area contributed by atoms with Crippen LogP contribution in [0.3, 0.4) is 0 Å². The van der Waals surface area contributed by atoms with Crippen molar-refractivity contribution in [2.45, 2.75) is 45.1 Å². The van der Waals surface area contributed by atoms with Gasteiger partial charge in [-0.05, 0) is 70.0 Å². The van der Waals surface area contributed by atoms with Gasteiger partial charge in [0, 0.05) is 31.7 Å². The summed E-state index contributed by atoms with van der Waals surface area (Å²) in [4.78, 5) is 30.4. The van der Waals surface area contributed by atoms with Gasteiger partial charge in [-0.1, -0.05) is 18.0 Å². The second-order valence-electron chi connectivity index (χ2n) is 9.18. The summed E-state index contributed by atoms with van der Waals surface area (Å²) in [6.45, 7) is 4.90. The van der Waals surface area contributed by atoms with E-state index in [4.69, 9.17) is 16.3 Å². The van der Waals surface area contributed by atoms with Gasteiger partial charge < -0.3 is 19.9 Å². The summed E-state index contributed by atoms with van der Waals surface area (Å²) in [6.07, 6.45) is 5.03. The number of nitrogens with one attached hydrogen (secondary N) is 1. The van der Waals surface area contributed by atoms with Gasteiger partial charge in [0.15, 0.2) is 0 Å². The number of ether oxygens (including phenoxy) is 1. The highest BCUT2D eigenvalue weighted by Gasteiger charge is 2.23. The van der Waals surface area contributed by atoms with Gasteiger partial charge in [0.2, 0.25) is 0 Å². The quantitative estimate of drug-likeness (QED) is 0.581. The van der Waals surface area contributed by atoms with E-state index in [1.165, 1.54) is 25.5 Å². The normalized spacial score (nSPS) is 17.5. The average molecular weight is 488 g/mol. The van der Waals surface area contributed by atoms with Gasteiger partial charge in [-0.25, -0.2) is 9.18 Å². The Morgan fingerprint density at radius 2 is 1.76 bits per heavy atom. The highest BCUT2D eigenvalue weighted by atomic mass is 35.5. The Balaban J connectivity index is 1.61. The predicted octanol–water partition coefficient (Wildman–Crippen LogP) is 5.28. The third kappa shape index (κ3) is 5.53. The Hall–Kier alpha value is -2.64. The fourth-order valence-corrected chi connectivity index (χ4v) is 4.75. The van der Waals surface area contributed by atoms with E-state index in [0.29, 0.717) is 11.3 Å². The maximum Gasteiger partial charge on any atom is 0.338 e. The van der Waals surface area contributed by atoms with Gasteiger partial charge in [0.05, 0.1) is 27.5 Å². The maximum absolute atomic E-state index is 13.8. The first-order valence-corrected chi connectivity index (χ1v) is 12.3. The monoisotopic (exact) mass is 487 g/mol. The standard InChI is InChI=1S/C26H31ClFN3O3/c1-17-21(28)10-9-20(24(17)27)25(32)29-22-16-18(26(33)34-19-6-4-3-5-7-19)8-11-23(22)31-14-12-30(2)13-15-31/h8-11,16,19H,3-7,12-15H2,1-2H3,(H,29,32). The number of anilines is 2. The van der Waals surface area contributed by atoms with Crippen LogP contribution < -0.4 is 10.2 Å². The van der Waals surface area contributed by atoms with Gasteiger partial charge in [-0.15, -0.1) is 0 Å². The number of nitrogens with zero attached hydrogens (tertiary/aromatic N) is 2. The van der Waals surface area contributed by atoms with Gasteiger partial charge in [-0.2, -0.15) is 0 Å². The summed E-state index contributed by atoms with van der Waals surface area (Å²) in [5.41, 5.74) is 2.12. The number of hydrogen-bond donors (Lipinski definition) is 1. The number of esters is 1. The molecule has 182 valence electrons. The molecule has 34 heavy (non-hydrogen) atoms. The first-order valence-electron chi connectivity index (χ1n) is 11.9. The largest absolute Gasteiger partial charge is 0.459 e. The minimum Gasteiger partial charge on any atom is -0.459 e. The highest BCUT2D eigenvalue weighted by molar-refractivity contribution is 6.35. The lowest BCUT2D eigenvalue weighted by molar-refractivity contribution is 0.0211. The van der Waals surface area contributed by atoms with E-state index < -0.39 is 11.7 Å². The smallest absolute Gasteiger partial charge is 0.338 e. The van der Waals surface area contributed by atoms with Crippen LogP contribution in [0, 0.1) is 12.7 Å². The number of carbonyl (C=O) groups is 2. The first kappa shape index (κ1) is 24.5. The van der Waals surface area contributed by atoms with Crippen LogP contribution in [0.2, 0.25) is 5.02 Å². The van der Waals surface area contributed by atoms with Gasteiger partial charge in [0.1, 0.15) is 11.9 Å². The zero-order chi connectivity index (χ0) is 24.2.